The summed E-state index contributed by atoms with van der Waals surface area (Å²) < 4.78 is 1.77. The molecule has 0 saturated carbocycles. The van der Waals surface area contributed by atoms with E-state index in [0.717, 1.165) is 27.7 Å². The van der Waals surface area contributed by atoms with E-state index in [1.165, 1.54) is 0 Å². The number of tetrazole rings is 1. The number of rotatable bonds is 2. The number of thiocarbonyl (C=S) groups is 1. The van der Waals surface area contributed by atoms with Crippen molar-refractivity contribution >= 4 is 51.2 Å². The third-order valence-corrected chi connectivity index (χ3v) is 5.15. The van der Waals surface area contributed by atoms with E-state index in [-0.39, 0.29) is 6.04 Å². The van der Waals surface area contributed by atoms with Crippen LogP contribution in [0.3, 0.4) is 0 Å². The third kappa shape index (κ3) is 2.85. The zero-order valence-electron chi connectivity index (χ0n) is 14.0. The first kappa shape index (κ1) is 16.3. The highest BCUT2D eigenvalue weighted by Crippen LogP contribution is 2.29. The molecule has 1 atom stereocenters. The Labute approximate surface area is 164 Å². The number of hydrogen-bond donors (Lipinski definition) is 1. The lowest BCUT2D eigenvalue weighted by atomic mass is 9.95. The van der Waals surface area contributed by atoms with Crippen molar-refractivity contribution in [2.45, 2.75) is 12.5 Å². The Bertz CT molecular complexity index is 1210. The van der Waals surface area contributed by atoms with Crippen molar-refractivity contribution in [1.82, 2.24) is 25.4 Å². The topological polar surface area (TPSA) is 67.5 Å². The van der Waals surface area contributed by atoms with Crippen LogP contribution in [-0.2, 0) is 0 Å². The third-order valence-electron chi connectivity index (χ3n) is 4.69. The van der Waals surface area contributed by atoms with Crippen molar-refractivity contribution in [3.8, 4) is 0 Å². The van der Waals surface area contributed by atoms with E-state index < -0.39 is 0 Å². The Morgan fingerprint density at radius 1 is 1.11 bits per heavy atom. The number of aromatic nitrogens is 4. The SMILES string of the molecule is S=C1N=C(c2ccc(Cl)cc2)CC(c2cc3ccccc3n3nnnc23)N1. The smallest absolute Gasteiger partial charge is 0.193 e. The van der Waals surface area contributed by atoms with Gasteiger partial charge in [-0.15, -0.1) is 5.10 Å². The molecule has 1 aliphatic rings. The summed E-state index contributed by atoms with van der Waals surface area (Å²) in [6.45, 7) is 0. The summed E-state index contributed by atoms with van der Waals surface area (Å²) in [6, 6.07) is 17.7. The van der Waals surface area contributed by atoms with E-state index in [2.05, 4.69) is 38.0 Å². The lowest BCUT2D eigenvalue weighted by Gasteiger charge is -2.25. The Kier molecular flexibility index (Phi) is 3.84. The van der Waals surface area contributed by atoms with Crippen molar-refractivity contribution < 1.29 is 0 Å². The van der Waals surface area contributed by atoms with Crippen LogP contribution in [0.5, 0.6) is 0 Å². The maximum absolute atomic E-state index is 6.01. The van der Waals surface area contributed by atoms with Crippen LogP contribution in [0.4, 0.5) is 0 Å². The number of para-hydroxylation sites is 1. The molecule has 0 spiro atoms. The van der Waals surface area contributed by atoms with E-state index in [9.17, 15) is 0 Å². The maximum Gasteiger partial charge on any atom is 0.193 e. The first-order chi connectivity index (χ1) is 13.2. The van der Waals surface area contributed by atoms with Crippen LogP contribution in [0.25, 0.3) is 16.6 Å². The van der Waals surface area contributed by atoms with Gasteiger partial charge in [0, 0.05) is 22.4 Å². The van der Waals surface area contributed by atoms with Crippen LogP contribution in [-0.4, -0.2) is 30.9 Å². The van der Waals surface area contributed by atoms with Gasteiger partial charge >= 0.3 is 0 Å². The number of fused-ring (bicyclic) bond motifs is 3. The van der Waals surface area contributed by atoms with Gasteiger partial charge in [0.15, 0.2) is 10.8 Å². The average Bonchev–Trinajstić information content (AvgIpc) is 3.17. The Balaban J connectivity index is 1.62. The van der Waals surface area contributed by atoms with Crippen LogP contribution in [0.15, 0.2) is 59.6 Å². The van der Waals surface area contributed by atoms with Crippen LogP contribution >= 0.6 is 23.8 Å². The summed E-state index contributed by atoms with van der Waals surface area (Å²) >= 11 is 11.4. The van der Waals surface area contributed by atoms with E-state index >= 15 is 0 Å². The highest BCUT2D eigenvalue weighted by Gasteiger charge is 2.25. The molecule has 0 amide bonds. The molecule has 27 heavy (non-hydrogen) atoms. The molecule has 3 heterocycles. The molecule has 8 heteroatoms. The van der Waals surface area contributed by atoms with E-state index in [1.807, 2.05) is 42.5 Å². The first-order valence-corrected chi connectivity index (χ1v) is 9.21. The van der Waals surface area contributed by atoms with Gasteiger partial charge in [-0.3, -0.25) is 0 Å². The number of hydrogen-bond acceptors (Lipinski definition) is 4. The monoisotopic (exact) mass is 392 g/mol. The van der Waals surface area contributed by atoms with Gasteiger partial charge in [0.2, 0.25) is 0 Å². The molecule has 2 aromatic carbocycles. The molecule has 132 valence electrons. The zero-order chi connectivity index (χ0) is 18.4. The number of nitrogens with one attached hydrogen (secondary N) is 1. The van der Waals surface area contributed by atoms with Crippen LogP contribution in [0.1, 0.15) is 23.6 Å². The van der Waals surface area contributed by atoms with Gasteiger partial charge in [-0.2, -0.15) is 4.52 Å². The normalized spacial score (nSPS) is 17.1. The van der Waals surface area contributed by atoms with Crippen molar-refractivity contribution in [3.05, 3.63) is 70.7 Å². The van der Waals surface area contributed by atoms with Crippen LogP contribution < -0.4 is 5.32 Å². The standard InChI is InChI=1S/C19H13ClN6S/c20-13-7-5-11(6-8-13)15-10-16(22-19(27)21-15)14-9-12-3-1-2-4-17(12)26-18(14)23-24-25-26/h1-9,16H,10H2,(H,22,27). The molecule has 4 aromatic rings. The molecule has 6 nitrogen and oxygen atoms in total. The second kappa shape index (κ2) is 6.37. The summed E-state index contributed by atoms with van der Waals surface area (Å²) in [6.07, 6.45) is 0.669. The largest absolute Gasteiger partial charge is 0.354 e. The van der Waals surface area contributed by atoms with Gasteiger partial charge < -0.3 is 5.32 Å². The first-order valence-electron chi connectivity index (χ1n) is 8.43. The quantitative estimate of drug-likeness (QED) is 0.526. The van der Waals surface area contributed by atoms with Gasteiger partial charge in [-0.1, -0.05) is 41.9 Å². The van der Waals surface area contributed by atoms with E-state index in [0.29, 0.717) is 22.2 Å². The fraction of sp³-hybridized carbons (Fsp3) is 0.105. The van der Waals surface area contributed by atoms with Gasteiger partial charge in [0.25, 0.3) is 0 Å². The average molecular weight is 393 g/mol. The van der Waals surface area contributed by atoms with Crippen molar-refractivity contribution in [2.24, 2.45) is 4.99 Å². The van der Waals surface area contributed by atoms with Crippen molar-refractivity contribution in [1.29, 1.82) is 0 Å². The van der Waals surface area contributed by atoms with Gasteiger partial charge in [0.1, 0.15) is 0 Å². The minimum Gasteiger partial charge on any atom is -0.354 e. The predicted molar refractivity (Wildman–Crippen MR) is 109 cm³/mol. The lowest BCUT2D eigenvalue weighted by molar-refractivity contribution is 0.665. The molecular weight excluding hydrogens is 380 g/mol. The van der Waals surface area contributed by atoms with Crippen molar-refractivity contribution in [2.75, 3.05) is 0 Å². The maximum atomic E-state index is 6.01. The molecule has 2 aromatic heterocycles. The molecule has 0 radical (unpaired) electrons. The second-order valence-corrected chi connectivity index (χ2v) is 7.17. The number of nitrogens with zero attached hydrogens (tertiary/aromatic N) is 5. The Morgan fingerprint density at radius 3 is 2.78 bits per heavy atom. The molecule has 0 saturated heterocycles. The molecule has 1 aliphatic heterocycles. The molecule has 5 rings (SSSR count). The van der Waals surface area contributed by atoms with Gasteiger partial charge in [-0.25, -0.2) is 4.99 Å². The molecule has 0 aliphatic carbocycles. The summed E-state index contributed by atoms with van der Waals surface area (Å²) in [7, 11) is 0. The Morgan fingerprint density at radius 2 is 1.93 bits per heavy atom. The lowest BCUT2D eigenvalue weighted by Crippen LogP contribution is -2.33. The van der Waals surface area contributed by atoms with E-state index in [1.54, 1.807) is 4.52 Å². The molecular formula is C19H13ClN6S. The number of halogens is 1. The fourth-order valence-corrected chi connectivity index (χ4v) is 3.81. The van der Waals surface area contributed by atoms with Crippen LogP contribution in [0.2, 0.25) is 5.02 Å². The highest BCUT2D eigenvalue weighted by molar-refractivity contribution is 7.80. The summed E-state index contributed by atoms with van der Waals surface area (Å²) in [5.74, 6) is 0. The van der Waals surface area contributed by atoms with E-state index in [4.69, 9.17) is 23.8 Å². The molecule has 1 N–H and O–H groups in total. The summed E-state index contributed by atoms with van der Waals surface area (Å²) in [5, 5.41) is 17.8. The predicted octanol–water partition coefficient (Wildman–Crippen LogP) is 3.74. The highest BCUT2D eigenvalue weighted by atomic mass is 35.5. The molecule has 0 bridgehead atoms. The number of benzene rings is 2. The zero-order valence-corrected chi connectivity index (χ0v) is 15.6. The molecule has 0 fully saturated rings. The molecule has 1 unspecified atom stereocenters. The summed E-state index contributed by atoms with van der Waals surface area (Å²) in [5.41, 5.74) is 4.59. The number of pyridine rings is 1. The van der Waals surface area contributed by atoms with Gasteiger partial charge in [-0.05, 0) is 52.5 Å². The summed E-state index contributed by atoms with van der Waals surface area (Å²) in [4.78, 5) is 4.52. The van der Waals surface area contributed by atoms with Crippen LogP contribution in [0, 0.1) is 0 Å². The Hall–Kier alpha value is -2.90. The number of aliphatic imine (C=N–C) groups is 1. The van der Waals surface area contributed by atoms with Crippen molar-refractivity contribution in [3.63, 3.8) is 0 Å². The minimum atomic E-state index is -0.0706. The second-order valence-electron chi connectivity index (χ2n) is 6.34. The minimum absolute atomic E-state index is 0.0706. The van der Waals surface area contributed by atoms with Gasteiger partial charge in [0.05, 0.1) is 17.3 Å². The fourth-order valence-electron chi connectivity index (χ4n) is 3.43.